The van der Waals surface area contributed by atoms with Crippen molar-refractivity contribution >= 4 is 21.9 Å². The molecule has 1 aromatic carbocycles. The molecule has 0 saturated carbocycles. The Morgan fingerprint density at radius 3 is 3.00 bits per heavy atom. The fourth-order valence-corrected chi connectivity index (χ4v) is 2.98. The van der Waals surface area contributed by atoms with Gasteiger partial charge < -0.3 is 9.84 Å². The van der Waals surface area contributed by atoms with Gasteiger partial charge in [0.1, 0.15) is 5.60 Å². The van der Waals surface area contributed by atoms with Crippen LogP contribution in [-0.4, -0.2) is 18.2 Å². The van der Waals surface area contributed by atoms with E-state index in [4.69, 9.17) is 9.84 Å². The first-order chi connectivity index (χ1) is 7.59. The van der Waals surface area contributed by atoms with Crippen molar-refractivity contribution in [2.45, 2.75) is 24.9 Å². The summed E-state index contributed by atoms with van der Waals surface area (Å²) < 4.78 is 6.53. The highest BCUT2D eigenvalue weighted by molar-refractivity contribution is 9.10. The van der Waals surface area contributed by atoms with Crippen LogP contribution >= 0.6 is 15.9 Å². The summed E-state index contributed by atoms with van der Waals surface area (Å²) in [6.45, 7) is 0. The normalized spacial score (nSPS) is 23.1. The van der Waals surface area contributed by atoms with Gasteiger partial charge in [-0.05, 0) is 30.0 Å². The number of rotatable bonds is 3. The summed E-state index contributed by atoms with van der Waals surface area (Å²) in [6.07, 6.45) is 1.61. The van der Waals surface area contributed by atoms with Crippen molar-refractivity contribution in [1.82, 2.24) is 0 Å². The number of carboxylic acids is 1. The van der Waals surface area contributed by atoms with E-state index in [1.165, 1.54) is 5.56 Å². The average Bonchev–Trinajstić information content (AvgIpc) is 2.59. The van der Waals surface area contributed by atoms with Gasteiger partial charge >= 0.3 is 5.97 Å². The second kappa shape index (κ2) is 4.18. The molecular formula is C12H13BrO3. The number of halogens is 1. The van der Waals surface area contributed by atoms with Crippen molar-refractivity contribution < 1.29 is 14.6 Å². The first kappa shape index (κ1) is 11.6. The second-order valence-electron chi connectivity index (χ2n) is 4.03. The molecule has 1 aromatic rings. The predicted molar refractivity (Wildman–Crippen MR) is 63.4 cm³/mol. The maximum atomic E-state index is 10.9. The molecule has 0 saturated heterocycles. The fraction of sp³-hybridized carbons (Fsp3) is 0.417. The molecule has 1 unspecified atom stereocenters. The number of methoxy groups -OCH3 is 1. The van der Waals surface area contributed by atoms with Crippen LogP contribution in [0.3, 0.4) is 0 Å². The smallest absolute Gasteiger partial charge is 0.306 e. The molecule has 0 heterocycles. The zero-order valence-corrected chi connectivity index (χ0v) is 10.6. The Bertz CT molecular complexity index is 430. The number of ether oxygens (including phenoxy) is 1. The van der Waals surface area contributed by atoms with Gasteiger partial charge in [-0.1, -0.05) is 28.1 Å². The van der Waals surface area contributed by atoms with E-state index in [1.807, 2.05) is 18.2 Å². The van der Waals surface area contributed by atoms with Gasteiger partial charge in [0.05, 0.1) is 6.42 Å². The van der Waals surface area contributed by atoms with Crippen LogP contribution in [0, 0.1) is 0 Å². The molecule has 0 aromatic heterocycles. The summed E-state index contributed by atoms with van der Waals surface area (Å²) in [4.78, 5) is 10.9. The molecule has 0 fully saturated rings. The lowest BCUT2D eigenvalue weighted by molar-refractivity contribution is -0.144. The molecule has 86 valence electrons. The monoisotopic (exact) mass is 284 g/mol. The largest absolute Gasteiger partial charge is 0.481 e. The van der Waals surface area contributed by atoms with Crippen LogP contribution in [0.25, 0.3) is 0 Å². The van der Waals surface area contributed by atoms with Crippen LogP contribution in [0.4, 0.5) is 0 Å². The van der Waals surface area contributed by atoms with Crippen molar-refractivity contribution in [3.8, 4) is 0 Å². The maximum Gasteiger partial charge on any atom is 0.306 e. The molecule has 0 spiro atoms. The van der Waals surface area contributed by atoms with E-state index in [0.29, 0.717) is 0 Å². The minimum absolute atomic E-state index is 0.0208. The maximum absolute atomic E-state index is 10.9. The second-order valence-corrected chi connectivity index (χ2v) is 4.89. The van der Waals surface area contributed by atoms with Crippen molar-refractivity contribution in [3.63, 3.8) is 0 Å². The third-order valence-corrected chi connectivity index (χ3v) is 3.96. The first-order valence-corrected chi connectivity index (χ1v) is 5.93. The van der Waals surface area contributed by atoms with E-state index in [1.54, 1.807) is 7.11 Å². The fourth-order valence-electron chi connectivity index (χ4n) is 2.41. The van der Waals surface area contributed by atoms with Crippen molar-refractivity contribution in [2.75, 3.05) is 7.11 Å². The third kappa shape index (κ3) is 1.76. The quantitative estimate of drug-likeness (QED) is 0.928. The number of hydrogen-bond donors (Lipinski definition) is 1. The molecule has 1 atom stereocenters. The molecule has 0 bridgehead atoms. The molecular weight excluding hydrogens is 272 g/mol. The van der Waals surface area contributed by atoms with Crippen LogP contribution in [0.2, 0.25) is 0 Å². The predicted octanol–water partition coefficient (Wildman–Crippen LogP) is 2.71. The Hall–Kier alpha value is -0.870. The number of benzene rings is 1. The van der Waals surface area contributed by atoms with E-state index < -0.39 is 11.6 Å². The molecule has 2 rings (SSSR count). The highest BCUT2D eigenvalue weighted by atomic mass is 79.9. The van der Waals surface area contributed by atoms with Gasteiger partial charge in [0.25, 0.3) is 0 Å². The topological polar surface area (TPSA) is 46.5 Å². The van der Waals surface area contributed by atoms with E-state index in [2.05, 4.69) is 15.9 Å². The zero-order chi connectivity index (χ0) is 11.8. The molecule has 3 nitrogen and oxygen atoms in total. The minimum Gasteiger partial charge on any atom is -0.481 e. The molecule has 16 heavy (non-hydrogen) atoms. The van der Waals surface area contributed by atoms with Gasteiger partial charge in [0, 0.05) is 11.6 Å². The summed E-state index contributed by atoms with van der Waals surface area (Å²) in [6, 6.07) is 5.86. The standard InChI is InChI=1S/C12H13BrO3/c1-16-12(7-11(14)15)6-5-8-9(12)3-2-4-10(8)13/h2-4H,5-7H2,1H3,(H,14,15). The summed E-state index contributed by atoms with van der Waals surface area (Å²) in [5.74, 6) is -0.824. The Labute approximate surface area is 103 Å². The van der Waals surface area contributed by atoms with Gasteiger partial charge in [-0.3, -0.25) is 4.79 Å². The lowest BCUT2D eigenvalue weighted by Gasteiger charge is -2.27. The van der Waals surface area contributed by atoms with Crippen LogP contribution in [0.5, 0.6) is 0 Å². The number of aliphatic carboxylic acids is 1. The molecule has 1 aliphatic carbocycles. The Morgan fingerprint density at radius 2 is 2.38 bits per heavy atom. The van der Waals surface area contributed by atoms with Crippen LogP contribution < -0.4 is 0 Å². The van der Waals surface area contributed by atoms with Crippen molar-refractivity contribution in [3.05, 3.63) is 33.8 Å². The summed E-state index contributed by atoms with van der Waals surface area (Å²) in [7, 11) is 1.58. The van der Waals surface area contributed by atoms with Crippen LogP contribution in [0.15, 0.2) is 22.7 Å². The van der Waals surface area contributed by atoms with E-state index >= 15 is 0 Å². The number of carboxylic acid groups (broad SMARTS) is 1. The van der Waals surface area contributed by atoms with Crippen LogP contribution in [-0.2, 0) is 21.6 Å². The van der Waals surface area contributed by atoms with Crippen molar-refractivity contribution in [2.24, 2.45) is 0 Å². The molecule has 4 heteroatoms. The summed E-state index contributed by atoms with van der Waals surface area (Å²) in [5.41, 5.74) is 1.53. The van der Waals surface area contributed by atoms with Gasteiger partial charge in [-0.25, -0.2) is 0 Å². The van der Waals surface area contributed by atoms with Gasteiger partial charge in [0.2, 0.25) is 0 Å². The first-order valence-electron chi connectivity index (χ1n) is 5.14. The number of fused-ring (bicyclic) bond motifs is 1. The van der Waals surface area contributed by atoms with Crippen LogP contribution in [0.1, 0.15) is 24.0 Å². The Morgan fingerprint density at radius 1 is 1.62 bits per heavy atom. The lowest BCUT2D eigenvalue weighted by Crippen LogP contribution is -2.28. The molecule has 1 aliphatic rings. The van der Waals surface area contributed by atoms with Gasteiger partial charge in [-0.15, -0.1) is 0 Å². The highest BCUT2D eigenvalue weighted by Gasteiger charge is 2.41. The highest BCUT2D eigenvalue weighted by Crippen LogP contribution is 2.44. The molecule has 0 amide bonds. The SMILES string of the molecule is COC1(CC(=O)O)CCc2c(Br)cccc21. The summed E-state index contributed by atoms with van der Waals surface area (Å²) >= 11 is 3.49. The third-order valence-electron chi connectivity index (χ3n) is 3.22. The molecule has 1 N–H and O–H groups in total. The zero-order valence-electron chi connectivity index (χ0n) is 9.00. The summed E-state index contributed by atoms with van der Waals surface area (Å²) in [5, 5.41) is 8.97. The molecule has 0 radical (unpaired) electrons. The van der Waals surface area contributed by atoms with Gasteiger partial charge in [-0.2, -0.15) is 0 Å². The van der Waals surface area contributed by atoms with Crippen molar-refractivity contribution in [1.29, 1.82) is 0 Å². The Balaban J connectivity index is 2.47. The van der Waals surface area contributed by atoms with E-state index in [-0.39, 0.29) is 6.42 Å². The molecule has 0 aliphatic heterocycles. The average molecular weight is 285 g/mol. The van der Waals surface area contributed by atoms with E-state index in [0.717, 1.165) is 22.9 Å². The number of carbonyl (C=O) groups is 1. The van der Waals surface area contributed by atoms with E-state index in [9.17, 15) is 4.79 Å². The lowest BCUT2D eigenvalue weighted by atomic mass is 9.92. The number of hydrogen-bond acceptors (Lipinski definition) is 2. The Kier molecular flexibility index (Phi) is 3.04. The minimum atomic E-state index is -0.824. The van der Waals surface area contributed by atoms with Gasteiger partial charge in [0.15, 0.2) is 0 Å².